The zero-order chi connectivity index (χ0) is 13.7. The van der Waals surface area contributed by atoms with Crippen LogP contribution in [0.3, 0.4) is 0 Å². The monoisotopic (exact) mass is 271 g/mol. The first-order valence-electron chi connectivity index (χ1n) is 7.13. The third-order valence-electron chi connectivity index (χ3n) is 4.65. The molecule has 2 unspecified atom stereocenters. The Bertz CT molecular complexity index is 587. The SMILES string of the molecule is O=C1Cc2cc(C(=O)N3CC4CNCC4C3)ccc2N1. The molecule has 0 bridgehead atoms. The summed E-state index contributed by atoms with van der Waals surface area (Å²) in [4.78, 5) is 25.9. The Morgan fingerprint density at radius 2 is 1.95 bits per heavy atom. The van der Waals surface area contributed by atoms with Crippen LogP contribution in [0.15, 0.2) is 18.2 Å². The summed E-state index contributed by atoms with van der Waals surface area (Å²) >= 11 is 0. The molecule has 3 aliphatic rings. The minimum Gasteiger partial charge on any atom is -0.338 e. The standard InChI is InChI=1S/C15H17N3O2/c19-14-4-10-3-9(1-2-13(10)17-14)15(20)18-7-11-5-16-6-12(11)8-18/h1-3,11-12,16H,4-8H2,(H,17,19). The van der Waals surface area contributed by atoms with Crippen molar-refractivity contribution in [1.82, 2.24) is 10.2 Å². The Morgan fingerprint density at radius 1 is 1.20 bits per heavy atom. The molecule has 2 saturated heterocycles. The number of rotatable bonds is 1. The van der Waals surface area contributed by atoms with Crippen LogP contribution in [0.25, 0.3) is 0 Å². The molecule has 1 aromatic rings. The summed E-state index contributed by atoms with van der Waals surface area (Å²) in [5.41, 5.74) is 2.48. The lowest BCUT2D eigenvalue weighted by Crippen LogP contribution is -2.31. The highest BCUT2D eigenvalue weighted by Gasteiger charge is 2.38. The summed E-state index contributed by atoms with van der Waals surface area (Å²) < 4.78 is 0. The van der Waals surface area contributed by atoms with Crippen molar-refractivity contribution in [2.45, 2.75) is 6.42 Å². The molecule has 0 spiro atoms. The van der Waals surface area contributed by atoms with E-state index in [4.69, 9.17) is 0 Å². The quantitative estimate of drug-likeness (QED) is 0.780. The second-order valence-corrected chi connectivity index (χ2v) is 5.99. The summed E-state index contributed by atoms with van der Waals surface area (Å²) in [6.45, 7) is 3.75. The molecule has 5 heteroatoms. The molecule has 5 nitrogen and oxygen atoms in total. The van der Waals surface area contributed by atoms with Crippen LogP contribution in [0.4, 0.5) is 5.69 Å². The van der Waals surface area contributed by atoms with Crippen molar-refractivity contribution in [3.63, 3.8) is 0 Å². The van der Waals surface area contributed by atoms with Gasteiger partial charge in [-0.3, -0.25) is 9.59 Å². The molecular weight excluding hydrogens is 254 g/mol. The molecule has 0 saturated carbocycles. The molecule has 1 aromatic carbocycles. The number of anilines is 1. The maximum Gasteiger partial charge on any atom is 0.253 e. The lowest BCUT2D eigenvalue weighted by atomic mass is 10.0. The van der Waals surface area contributed by atoms with Crippen molar-refractivity contribution in [3.8, 4) is 0 Å². The largest absolute Gasteiger partial charge is 0.338 e. The average Bonchev–Trinajstić information content (AvgIpc) is 3.08. The number of fused-ring (bicyclic) bond motifs is 2. The van der Waals surface area contributed by atoms with Crippen LogP contribution < -0.4 is 10.6 Å². The van der Waals surface area contributed by atoms with E-state index in [2.05, 4.69) is 10.6 Å². The van der Waals surface area contributed by atoms with E-state index in [0.29, 0.717) is 23.8 Å². The van der Waals surface area contributed by atoms with Gasteiger partial charge < -0.3 is 15.5 Å². The number of nitrogens with zero attached hydrogens (tertiary/aromatic N) is 1. The van der Waals surface area contributed by atoms with Crippen LogP contribution in [-0.2, 0) is 11.2 Å². The highest BCUT2D eigenvalue weighted by atomic mass is 16.2. The molecule has 3 heterocycles. The van der Waals surface area contributed by atoms with E-state index in [1.165, 1.54) is 0 Å². The van der Waals surface area contributed by atoms with Gasteiger partial charge in [0.25, 0.3) is 5.91 Å². The van der Waals surface area contributed by atoms with E-state index in [-0.39, 0.29) is 11.8 Å². The van der Waals surface area contributed by atoms with E-state index in [1.807, 2.05) is 23.1 Å². The second kappa shape index (κ2) is 4.31. The molecule has 104 valence electrons. The van der Waals surface area contributed by atoms with E-state index in [9.17, 15) is 9.59 Å². The lowest BCUT2D eigenvalue weighted by Gasteiger charge is -2.18. The van der Waals surface area contributed by atoms with Crippen molar-refractivity contribution >= 4 is 17.5 Å². The van der Waals surface area contributed by atoms with E-state index in [0.717, 1.165) is 37.4 Å². The summed E-state index contributed by atoms with van der Waals surface area (Å²) in [5.74, 6) is 1.32. The number of carbonyl (C=O) groups is 2. The molecule has 2 atom stereocenters. The first-order valence-corrected chi connectivity index (χ1v) is 7.13. The molecule has 2 amide bonds. The maximum absolute atomic E-state index is 12.6. The number of amides is 2. The number of hydrogen-bond donors (Lipinski definition) is 2. The third-order valence-corrected chi connectivity index (χ3v) is 4.65. The highest BCUT2D eigenvalue weighted by Crippen LogP contribution is 2.29. The summed E-state index contributed by atoms with van der Waals surface area (Å²) in [7, 11) is 0. The van der Waals surface area contributed by atoms with Crippen LogP contribution in [0, 0.1) is 11.8 Å². The normalized spacial score (nSPS) is 27.4. The van der Waals surface area contributed by atoms with Crippen LogP contribution in [-0.4, -0.2) is 42.9 Å². The number of carbonyl (C=O) groups excluding carboxylic acids is 2. The van der Waals surface area contributed by atoms with Gasteiger partial charge in [0.2, 0.25) is 5.91 Å². The Balaban J connectivity index is 1.55. The number of nitrogens with one attached hydrogen (secondary N) is 2. The number of hydrogen-bond acceptors (Lipinski definition) is 3. The molecular formula is C15H17N3O2. The van der Waals surface area contributed by atoms with Crippen molar-refractivity contribution in [2.24, 2.45) is 11.8 Å². The van der Waals surface area contributed by atoms with E-state index < -0.39 is 0 Å². The Labute approximate surface area is 117 Å². The molecule has 20 heavy (non-hydrogen) atoms. The maximum atomic E-state index is 12.6. The fourth-order valence-electron chi connectivity index (χ4n) is 3.57. The Morgan fingerprint density at radius 3 is 2.70 bits per heavy atom. The van der Waals surface area contributed by atoms with Gasteiger partial charge in [-0.25, -0.2) is 0 Å². The molecule has 0 aromatic heterocycles. The molecule has 2 N–H and O–H groups in total. The van der Waals surface area contributed by atoms with Gasteiger partial charge in [0.15, 0.2) is 0 Å². The highest BCUT2D eigenvalue weighted by molar-refractivity contribution is 6.01. The number of likely N-dealkylation sites (tertiary alicyclic amines) is 1. The third kappa shape index (κ3) is 1.81. The van der Waals surface area contributed by atoms with Crippen molar-refractivity contribution in [2.75, 3.05) is 31.5 Å². The fourth-order valence-corrected chi connectivity index (χ4v) is 3.57. The molecule has 0 aliphatic carbocycles. The van der Waals surface area contributed by atoms with Crippen molar-refractivity contribution in [3.05, 3.63) is 29.3 Å². The average molecular weight is 271 g/mol. The summed E-state index contributed by atoms with van der Waals surface area (Å²) in [6.07, 6.45) is 0.381. The zero-order valence-electron chi connectivity index (χ0n) is 11.2. The lowest BCUT2D eigenvalue weighted by molar-refractivity contribution is -0.115. The zero-order valence-corrected chi connectivity index (χ0v) is 11.2. The summed E-state index contributed by atoms with van der Waals surface area (Å²) in [5, 5.41) is 6.17. The number of benzene rings is 1. The predicted octanol–water partition coefficient (Wildman–Crippen LogP) is 0.473. The topological polar surface area (TPSA) is 61.4 Å². The minimum atomic E-state index is 0.00591. The Hall–Kier alpha value is -1.88. The van der Waals surface area contributed by atoms with Gasteiger partial charge in [0.05, 0.1) is 6.42 Å². The first kappa shape index (κ1) is 11.9. The van der Waals surface area contributed by atoms with Crippen molar-refractivity contribution < 1.29 is 9.59 Å². The summed E-state index contributed by atoms with van der Waals surface area (Å²) in [6, 6.07) is 5.52. The van der Waals surface area contributed by atoms with Gasteiger partial charge in [0, 0.05) is 37.4 Å². The van der Waals surface area contributed by atoms with Gasteiger partial charge in [-0.2, -0.15) is 0 Å². The van der Waals surface area contributed by atoms with Crippen LogP contribution in [0.1, 0.15) is 15.9 Å². The molecule has 3 aliphatic heterocycles. The second-order valence-electron chi connectivity index (χ2n) is 5.99. The molecule has 2 fully saturated rings. The van der Waals surface area contributed by atoms with Gasteiger partial charge >= 0.3 is 0 Å². The van der Waals surface area contributed by atoms with Crippen molar-refractivity contribution in [1.29, 1.82) is 0 Å². The molecule has 0 radical (unpaired) electrons. The fraction of sp³-hybridized carbons (Fsp3) is 0.467. The van der Waals surface area contributed by atoms with Crippen LogP contribution in [0.2, 0.25) is 0 Å². The minimum absolute atomic E-state index is 0.00591. The van der Waals surface area contributed by atoms with E-state index in [1.54, 1.807) is 0 Å². The van der Waals surface area contributed by atoms with Gasteiger partial charge in [-0.15, -0.1) is 0 Å². The van der Waals surface area contributed by atoms with Gasteiger partial charge in [0.1, 0.15) is 0 Å². The first-order chi connectivity index (χ1) is 9.70. The van der Waals surface area contributed by atoms with Gasteiger partial charge in [-0.05, 0) is 35.6 Å². The van der Waals surface area contributed by atoms with Crippen LogP contribution in [0.5, 0.6) is 0 Å². The Kier molecular flexibility index (Phi) is 2.57. The van der Waals surface area contributed by atoms with Gasteiger partial charge in [-0.1, -0.05) is 0 Å². The van der Waals surface area contributed by atoms with E-state index >= 15 is 0 Å². The molecule has 4 rings (SSSR count). The predicted molar refractivity (Wildman–Crippen MR) is 74.5 cm³/mol. The smallest absolute Gasteiger partial charge is 0.253 e. The van der Waals surface area contributed by atoms with Crippen LogP contribution >= 0.6 is 0 Å².